The van der Waals surface area contributed by atoms with Crippen molar-refractivity contribution in [3.63, 3.8) is 0 Å². The van der Waals surface area contributed by atoms with Gasteiger partial charge in [-0.05, 0) is 48.6 Å². The number of carbonyl (C=O) groups excluding carboxylic acids is 1. The Morgan fingerprint density at radius 3 is 2.26 bits per heavy atom. The fraction of sp³-hybridized carbons (Fsp3) is 0.192. The molecule has 0 saturated heterocycles. The molecular weight excluding hydrogens is 388 g/mol. The molecule has 1 aromatic heterocycles. The van der Waals surface area contributed by atoms with Crippen molar-refractivity contribution in [2.24, 2.45) is 0 Å². The first-order chi connectivity index (χ1) is 15.0. The normalized spacial score (nSPS) is 11.1. The van der Waals surface area contributed by atoms with Crippen LogP contribution >= 0.6 is 0 Å². The fourth-order valence-electron chi connectivity index (χ4n) is 3.89. The molecule has 0 aliphatic heterocycles. The van der Waals surface area contributed by atoms with Crippen molar-refractivity contribution in [1.29, 1.82) is 0 Å². The summed E-state index contributed by atoms with van der Waals surface area (Å²) in [6.07, 6.45) is 3.32. The van der Waals surface area contributed by atoms with Crippen LogP contribution in [0.2, 0.25) is 0 Å². The van der Waals surface area contributed by atoms with E-state index in [-0.39, 0.29) is 22.9 Å². The standard InChI is InChI=1S/C26H26N2O3/c1-2-6-22-24(25(29)18-14-20(27)26(30)21(28)15-18)19-12-11-17(13-23(19)31-22)10-9-16-7-4-3-5-8-16/h3-5,7-8,11-15,30H,2,6,9-10,27-28H2,1H3. The number of furan rings is 1. The highest BCUT2D eigenvalue weighted by Crippen LogP contribution is 2.34. The monoisotopic (exact) mass is 414 g/mol. The van der Waals surface area contributed by atoms with Gasteiger partial charge in [-0.15, -0.1) is 0 Å². The number of ketones is 1. The van der Waals surface area contributed by atoms with E-state index in [1.165, 1.54) is 17.7 Å². The van der Waals surface area contributed by atoms with E-state index in [0.717, 1.165) is 30.2 Å². The van der Waals surface area contributed by atoms with Gasteiger partial charge in [0.25, 0.3) is 0 Å². The molecule has 3 aromatic carbocycles. The lowest BCUT2D eigenvalue weighted by atomic mass is 9.96. The minimum Gasteiger partial charge on any atom is -0.504 e. The Bertz CT molecular complexity index is 1220. The van der Waals surface area contributed by atoms with Gasteiger partial charge in [-0.1, -0.05) is 49.4 Å². The number of nitrogen functional groups attached to an aromatic ring is 2. The van der Waals surface area contributed by atoms with E-state index in [1.807, 2.05) is 43.3 Å². The number of fused-ring (bicyclic) bond motifs is 1. The Kier molecular flexibility index (Phi) is 5.67. The van der Waals surface area contributed by atoms with E-state index in [2.05, 4.69) is 12.1 Å². The average molecular weight is 415 g/mol. The van der Waals surface area contributed by atoms with Gasteiger partial charge in [-0.3, -0.25) is 4.79 Å². The molecule has 5 heteroatoms. The summed E-state index contributed by atoms with van der Waals surface area (Å²) < 4.78 is 6.13. The van der Waals surface area contributed by atoms with Crippen LogP contribution in [0.4, 0.5) is 11.4 Å². The lowest BCUT2D eigenvalue weighted by Gasteiger charge is -2.07. The van der Waals surface area contributed by atoms with E-state index in [0.29, 0.717) is 28.9 Å². The molecule has 4 rings (SSSR count). The van der Waals surface area contributed by atoms with Crippen molar-refractivity contribution in [3.05, 3.63) is 88.7 Å². The summed E-state index contributed by atoms with van der Waals surface area (Å²) in [6, 6.07) is 19.3. The zero-order valence-corrected chi connectivity index (χ0v) is 17.5. The van der Waals surface area contributed by atoms with Crippen LogP contribution in [-0.2, 0) is 19.3 Å². The molecule has 0 aliphatic rings. The van der Waals surface area contributed by atoms with Crippen LogP contribution in [0.15, 0.2) is 65.1 Å². The predicted molar refractivity (Wildman–Crippen MR) is 124 cm³/mol. The lowest BCUT2D eigenvalue weighted by molar-refractivity contribution is 0.103. The average Bonchev–Trinajstić information content (AvgIpc) is 3.13. The van der Waals surface area contributed by atoms with Gasteiger partial charge in [0.2, 0.25) is 0 Å². The number of rotatable bonds is 7. The number of anilines is 2. The summed E-state index contributed by atoms with van der Waals surface area (Å²) in [7, 11) is 0. The van der Waals surface area contributed by atoms with Gasteiger partial charge in [0.1, 0.15) is 11.3 Å². The van der Waals surface area contributed by atoms with Crippen molar-refractivity contribution < 1.29 is 14.3 Å². The van der Waals surface area contributed by atoms with Gasteiger partial charge in [0, 0.05) is 17.4 Å². The molecule has 0 aliphatic carbocycles. The number of carbonyl (C=O) groups is 1. The van der Waals surface area contributed by atoms with Gasteiger partial charge in [0.15, 0.2) is 11.5 Å². The first kappa shape index (κ1) is 20.5. The van der Waals surface area contributed by atoms with E-state index in [4.69, 9.17) is 15.9 Å². The van der Waals surface area contributed by atoms with Crippen molar-refractivity contribution in [2.75, 3.05) is 11.5 Å². The van der Waals surface area contributed by atoms with Crippen LogP contribution in [0.25, 0.3) is 11.0 Å². The smallest absolute Gasteiger partial charge is 0.197 e. The molecule has 0 fully saturated rings. The second kappa shape index (κ2) is 8.56. The number of phenolic OH excluding ortho intramolecular Hbond substituents is 1. The Labute approximate surface area is 181 Å². The summed E-state index contributed by atoms with van der Waals surface area (Å²) in [5, 5.41) is 10.6. The molecule has 158 valence electrons. The van der Waals surface area contributed by atoms with Gasteiger partial charge in [-0.2, -0.15) is 0 Å². The lowest BCUT2D eigenvalue weighted by Crippen LogP contribution is -2.06. The van der Waals surface area contributed by atoms with Crippen LogP contribution in [-0.4, -0.2) is 10.9 Å². The number of nitrogens with two attached hydrogens (primary N) is 2. The van der Waals surface area contributed by atoms with Crippen molar-refractivity contribution in [1.82, 2.24) is 0 Å². The van der Waals surface area contributed by atoms with Gasteiger partial charge in [0.05, 0.1) is 16.9 Å². The van der Waals surface area contributed by atoms with E-state index < -0.39 is 0 Å². The van der Waals surface area contributed by atoms with Gasteiger partial charge in [-0.25, -0.2) is 0 Å². The molecule has 5 nitrogen and oxygen atoms in total. The number of aryl methyl sites for hydroxylation is 3. The minimum atomic E-state index is -0.211. The van der Waals surface area contributed by atoms with Gasteiger partial charge >= 0.3 is 0 Å². The highest BCUT2D eigenvalue weighted by molar-refractivity contribution is 6.17. The number of aromatic hydroxyl groups is 1. The fourth-order valence-corrected chi connectivity index (χ4v) is 3.89. The SMILES string of the molecule is CCCc1oc2cc(CCc3ccccc3)ccc2c1C(=O)c1cc(N)c(O)c(N)c1. The quantitative estimate of drug-likeness (QED) is 0.217. The third kappa shape index (κ3) is 4.12. The molecule has 0 amide bonds. The van der Waals surface area contributed by atoms with Crippen molar-refractivity contribution in [2.45, 2.75) is 32.6 Å². The van der Waals surface area contributed by atoms with Crippen molar-refractivity contribution in [3.8, 4) is 5.75 Å². The van der Waals surface area contributed by atoms with E-state index in [1.54, 1.807) is 0 Å². The number of hydrogen-bond acceptors (Lipinski definition) is 5. The van der Waals surface area contributed by atoms with Crippen LogP contribution in [0.1, 0.15) is 46.2 Å². The summed E-state index contributed by atoms with van der Waals surface area (Å²) in [5.41, 5.74) is 15.8. The Morgan fingerprint density at radius 2 is 1.58 bits per heavy atom. The zero-order chi connectivity index (χ0) is 22.0. The number of phenols is 1. The number of benzene rings is 3. The molecule has 0 radical (unpaired) electrons. The second-order valence-corrected chi connectivity index (χ2v) is 7.80. The third-order valence-corrected chi connectivity index (χ3v) is 5.51. The maximum absolute atomic E-state index is 13.4. The second-order valence-electron chi connectivity index (χ2n) is 7.80. The van der Waals surface area contributed by atoms with Crippen LogP contribution in [0.5, 0.6) is 5.75 Å². The Balaban J connectivity index is 1.70. The van der Waals surface area contributed by atoms with E-state index >= 15 is 0 Å². The molecule has 5 N–H and O–H groups in total. The maximum Gasteiger partial charge on any atom is 0.197 e. The van der Waals surface area contributed by atoms with Crippen molar-refractivity contribution >= 4 is 28.1 Å². The number of hydrogen-bond donors (Lipinski definition) is 3. The van der Waals surface area contributed by atoms with Crippen LogP contribution in [0, 0.1) is 0 Å². The largest absolute Gasteiger partial charge is 0.504 e. The molecule has 0 bridgehead atoms. The summed E-state index contributed by atoms with van der Waals surface area (Å²) in [5.74, 6) is 0.246. The minimum absolute atomic E-state index is 0.0800. The predicted octanol–water partition coefficient (Wildman–Crippen LogP) is 5.27. The molecule has 1 heterocycles. The molecule has 0 spiro atoms. The first-order valence-electron chi connectivity index (χ1n) is 10.5. The third-order valence-electron chi connectivity index (χ3n) is 5.51. The van der Waals surface area contributed by atoms with E-state index in [9.17, 15) is 9.90 Å². The molecule has 0 unspecified atom stereocenters. The molecule has 31 heavy (non-hydrogen) atoms. The first-order valence-corrected chi connectivity index (χ1v) is 10.5. The molecular formula is C26H26N2O3. The summed E-state index contributed by atoms with van der Waals surface area (Å²) in [6.45, 7) is 2.04. The molecule has 4 aromatic rings. The van der Waals surface area contributed by atoms with Crippen LogP contribution in [0.3, 0.4) is 0 Å². The van der Waals surface area contributed by atoms with Crippen LogP contribution < -0.4 is 11.5 Å². The Hall–Kier alpha value is -3.73. The maximum atomic E-state index is 13.4. The Morgan fingerprint density at radius 1 is 0.903 bits per heavy atom. The molecule has 0 saturated carbocycles. The highest BCUT2D eigenvalue weighted by Gasteiger charge is 2.23. The van der Waals surface area contributed by atoms with Gasteiger partial charge < -0.3 is 21.0 Å². The summed E-state index contributed by atoms with van der Waals surface area (Å²) in [4.78, 5) is 13.4. The highest BCUT2D eigenvalue weighted by atomic mass is 16.3. The molecule has 0 atom stereocenters. The topological polar surface area (TPSA) is 102 Å². The summed E-state index contributed by atoms with van der Waals surface area (Å²) >= 11 is 0. The zero-order valence-electron chi connectivity index (χ0n) is 17.5.